The van der Waals surface area contributed by atoms with E-state index in [4.69, 9.17) is 16.3 Å². The molecule has 5 heteroatoms. The molecule has 0 saturated carbocycles. The van der Waals surface area contributed by atoms with Gasteiger partial charge < -0.3 is 10.1 Å². The molecule has 16 heavy (non-hydrogen) atoms. The zero-order valence-corrected chi connectivity index (χ0v) is 10.3. The molecular weight excluding hydrogens is 252 g/mol. The first kappa shape index (κ1) is 13.6. The van der Waals surface area contributed by atoms with Crippen LogP contribution in [0.5, 0.6) is 5.75 Å². The lowest BCUT2D eigenvalue weighted by molar-refractivity contribution is 0.156. The van der Waals surface area contributed by atoms with Crippen LogP contribution in [0.2, 0.25) is 5.02 Å². The predicted octanol–water partition coefficient (Wildman–Crippen LogP) is 3.03. The molecule has 0 aromatic heterocycles. The highest BCUT2D eigenvalue weighted by atomic mass is 35.5. The van der Waals surface area contributed by atoms with Crippen molar-refractivity contribution in [3.8, 4) is 5.75 Å². The summed E-state index contributed by atoms with van der Waals surface area (Å²) in [6.45, 7) is 1.83. The molecule has 1 aromatic rings. The van der Waals surface area contributed by atoms with E-state index in [1.807, 2.05) is 0 Å². The summed E-state index contributed by atoms with van der Waals surface area (Å²) in [4.78, 5) is 0. The first-order valence-electron chi connectivity index (χ1n) is 5.09. The summed E-state index contributed by atoms with van der Waals surface area (Å²) in [6, 6.07) is 4.58. The van der Waals surface area contributed by atoms with Gasteiger partial charge in [0, 0.05) is 0 Å². The van der Waals surface area contributed by atoms with Crippen LogP contribution >= 0.6 is 24.0 Å². The minimum absolute atomic E-state index is 0. The number of ether oxygens (including phenoxy) is 1. The number of para-hydroxylation sites is 1. The third-order valence-corrected chi connectivity index (χ3v) is 2.79. The van der Waals surface area contributed by atoms with E-state index in [2.05, 4.69) is 5.32 Å². The van der Waals surface area contributed by atoms with E-state index < -0.39 is 0 Å². The van der Waals surface area contributed by atoms with Crippen molar-refractivity contribution in [1.29, 1.82) is 0 Å². The zero-order chi connectivity index (χ0) is 10.7. The molecule has 1 aliphatic rings. The molecule has 1 saturated heterocycles. The molecule has 0 aliphatic carbocycles. The van der Waals surface area contributed by atoms with Gasteiger partial charge >= 0.3 is 0 Å². The van der Waals surface area contributed by atoms with E-state index in [1.165, 1.54) is 6.07 Å². The summed E-state index contributed by atoms with van der Waals surface area (Å²) < 4.78 is 19.0. The van der Waals surface area contributed by atoms with Crippen molar-refractivity contribution in [3.63, 3.8) is 0 Å². The van der Waals surface area contributed by atoms with Crippen molar-refractivity contribution >= 4 is 24.0 Å². The van der Waals surface area contributed by atoms with Crippen molar-refractivity contribution in [2.45, 2.75) is 18.9 Å². The van der Waals surface area contributed by atoms with Crippen LogP contribution in [0.3, 0.4) is 0 Å². The fourth-order valence-electron chi connectivity index (χ4n) is 1.68. The fourth-order valence-corrected chi connectivity index (χ4v) is 1.88. The fraction of sp³-hybridized carbons (Fsp3) is 0.455. The van der Waals surface area contributed by atoms with E-state index in [9.17, 15) is 4.39 Å². The third kappa shape index (κ3) is 3.24. The quantitative estimate of drug-likeness (QED) is 0.888. The Hall–Kier alpha value is -0.510. The summed E-state index contributed by atoms with van der Waals surface area (Å²) >= 11 is 5.87. The maximum absolute atomic E-state index is 13.4. The van der Waals surface area contributed by atoms with E-state index in [0.717, 1.165) is 25.9 Å². The summed E-state index contributed by atoms with van der Waals surface area (Å²) in [7, 11) is 0. The van der Waals surface area contributed by atoms with E-state index >= 15 is 0 Å². The average Bonchev–Trinajstić information content (AvgIpc) is 2.25. The van der Waals surface area contributed by atoms with Gasteiger partial charge in [0.05, 0.1) is 5.02 Å². The molecule has 1 aromatic carbocycles. The van der Waals surface area contributed by atoms with Crippen LogP contribution in [0, 0.1) is 5.82 Å². The van der Waals surface area contributed by atoms with Crippen LogP contribution in [-0.2, 0) is 0 Å². The van der Waals surface area contributed by atoms with Gasteiger partial charge in [0.25, 0.3) is 0 Å². The molecule has 1 heterocycles. The standard InChI is InChI=1S/C11H13ClFNO.ClH/c12-9-2-1-3-10(13)11(9)15-8-4-6-14-7-5-8;/h1-3,8,14H,4-7H2;1H. The van der Waals surface area contributed by atoms with Crippen LogP contribution in [0.1, 0.15) is 12.8 Å². The molecule has 0 spiro atoms. The number of benzene rings is 1. The third-order valence-electron chi connectivity index (χ3n) is 2.49. The number of hydrogen-bond acceptors (Lipinski definition) is 2. The largest absolute Gasteiger partial charge is 0.486 e. The van der Waals surface area contributed by atoms with Crippen LogP contribution in [-0.4, -0.2) is 19.2 Å². The molecule has 1 aliphatic heterocycles. The Bertz CT molecular complexity index is 323. The Labute approximate surface area is 106 Å². The van der Waals surface area contributed by atoms with Gasteiger partial charge in [0.2, 0.25) is 0 Å². The van der Waals surface area contributed by atoms with E-state index in [-0.39, 0.29) is 30.1 Å². The van der Waals surface area contributed by atoms with Crippen LogP contribution in [0.25, 0.3) is 0 Å². The molecule has 0 bridgehead atoms. The Balaban J connectivity index is 0.00000128. The van der Waals surface area contributed by atoms with Gasteiger partial charge in [-0.2, -0.15) is 0 Å². The maximum atomic E-state index is 13.4. The van der Waals surface area contributed by atoms with Gasteiger partial charge in [-0.25, -0.2) is 4.39 Å². The highest BCUT2D eigenvalue weighted by Gasteiger charge is 2.17. The molecule has 1 fully saturated rings. The van der Waals surface area contributed by atoms with E-state index in [0.29, 0.717) is 5.02 Å². The van der Waals surface area contributed by atoms with Crippen molar-refractivity contribution in [2.75, 3.05) is 13.1 Å². The van der Waals surface area contributed by atoms with Crippen molar-refractivity contribution < 1.29 is 9.13 Å². The number of rotatable bonds is 2. The average molecular weight is 266 g/mol. The summed E-state index contributed by atoms with van der Waals surface area (Å²) in [5.41, 5.74) is 0. The number of nitrogens with one attached hydrogen (secondary N) is 1. The van der Waals surface area contributed by atoms with Gasteiger partial charge in [0.1, 0.15) is 6.10 Å². The maximum Gasteiger partial charge on any atom is 0.173 e. The second-order valence-corrected chi connectivity index (χ2v) is 4.03. The van der Waals surface area contributed by atoms with E-state index in [1.54, 1.807) is 12.1 Å². The normalized spacial score (nSPS) is 16.6. The molecule has 0 amide bonds. The SMILES string of the molecule is Cl.Fc1cccc(Cl)c1OC1CCNCC1. The minimum atomic E-state index is -0.388. The van der Waals surface area contributed by atoms with Gasteiger partial charge in [0.15, 0.2) is 11.6 Å². The summed E-state index contributed by atoms with van der Waals surface area (Å²) in [5, 5.41) is 3.56. The van der Waals surface area contributed by atoms with Gasteiger partial charge in [-0.15, -0.1) is 12.4 Å². The molecular formula is C11H14Cl2FNO. The first-order valence-corrected chi connectivity index (χ1v) is 5.46. The summed E-state index contributed by atoms with van der Waals surface area (Å²) in [5.74, 6) is -0.202. The zero-order valence-electron chi connectivity index (χ0n) is 8.71. The van der Waals surface area contributed by atoms with Crippen LogP contribution in [0.4, 0.5) is 4.39 Å². The topological polar surface area (TPSA) is 21.3 Å². The molecule has 0 radical (unpaired) electrons. The van der Waals surface area contributed by atoms with Crippen molar-refractivity contribution in [3.05, 3.63) is 29.0 Å². The smallest absolute Gasteiger partial charge is 0.173 e. The number of hydrogen-bond donors (Lipinski definition) is 1. The van der Waals surface area contributed by atoms with Crippen molar-refractivity contribution in [1.82, 2.24) is 5.32 Å². The molecule has 0 atom stereocenters. The summed E-state index contributed by atoms with van der Waals surface area (Å²) in [6.07, 6.45) is 1.86. The molecule has 0 unspecified atom stereocenters. The Morgan fingerprint density at radius 3 is 2.62 bits per heavy atom. The second-order valence-electron chi connectivity index (χ2n) is 3.62. The van der Waals surface area contributed by atoms with Crippen LogP contribution < -0.4 is 10.1 Å². The molecule has 90 valence electrons. The lowest BCUT2D eigenvalue weighted by Gasteiger charge is -2.24. The molecule has 2 rings (SSSR count). The molecule has 2 nitrogen and oxygen atoms in total. The Kier molecular flexibility index (Phi) is 5.32. The second kappa shape index (κ2) is 6.28. The Morgan fingerprint density at radius 1 is 1.31 bits per heavy atom. The lowest BCUT2D eigenvalue weighted by atomic mass is 10.1. The minimum Gasteiger partial charge on any atom is -0.486 e. The van der Waals surface area contributed by atoms with Gasteiger partial charge in [-0.3, -0.25) is 0 Å². The van der Waals surface area contributed by atoms with Gasteiger partial charge in [-0.1, -0.05) is 17.7 Å². The monoisotopic (exact) mass is 265 g/mol. The number of halogens is 3. The Morgan fingerprint density at radius 2 is 2.00 bits per heavy atom. The number of piperidine rings is 1. The van der Waals surface area contributed by atoms with Crippen molar-refractivity contribution in [2.24, 2.45) is 0 Å². The molecule has 1 N–H and O–H groups in total. The van der Waals surface area contributed by atoms with Crippen LogP contribution in [0.15, 0.2) is 18.2 Å². The van der Waals surface area contributed by atoms with Gasteiger partial charge in [-0.05, 0) is 38.1 Å². The predicted molar refractivity (Wildman–Crippen MR) is 65.2 cm³/mol. The highest BCUT2D eigenvalue weighted by molar-refractivity contribution is 6.32. The first-order chi connectivity index (χ1) is 7.27. The lowest BCUT2D eigenvalue weighted by Crippen LogP contribution is -2.34. The highest BCUT2D eigenvalue weighted by Crippen LogP contribution is 2.29.